The van der Waals surface area contributed by atoms with Crippen LogP contribution in [0.1, 0.15) is 41.3 Å². The number of nitrogens with zero attached hydrogens (tertiary/aromatic N) is 2. The Balaban J connectivity index is 1.73. The van der Waals surface area contributed by atoms with Crippen molar-refractivity contribution in [2.45, 2.75) is 32.4 Å². The van der Waals surface area contributed by atoms with E-state index in [1.807, 2.05) is 35.8 Å². The van der Waals surface area contributed by atoms with Gasteiger partial charge in [-0.2, -0.15) is 0 Å². The average Bonchev–Trinajstić information content (AvgIpc) is 3.01. The third-order valence-electron chi connectivity index (χ3n) is 3.67. The molecule has 2 heterocycles. The Bertz CT molecular complexity index is 633. The monoisotopic (exact) mass is 289 g/mol. The third-order valence-corrected chi connectivity index (χ3v) is 3.92. The first-order chi connectivity index (χ1) is 9.65. The molecule has 0 aliphatic carbocycles. The van der Waals surface area contributed by atoms with Gasteiger partial charge >= 0.3 is 0 Å². The number of imidazole rings is 1. The summed E-state index contributed by atoms with van der Waals surface area (Å²) in [6, 6.07) is 7.45. The lowest BCUT2D eigenvalue weighted by Gasteiger charge is -2.14. The molecular formula is C15H16ClN3O. The van der Waals surface area contributed by atoms with Crippen LogP contribution in [0.5, 0.6) is 0 Å². The van der Waals surface area contributed by atoms with Crippen LogP contribution in [0.25, 0.3) is 0 Å². The molecule has 3 rings (SSSR count). The highest BCUT2D eigenvalue weighted by Gasteiger charge is 2.21. The van der Waals surface area contributed by atoms with Crippen LogP contribution in [0, 0.1) is 0 Å². The van der Waals surface area contributed by atoms with Crippen molar-refractivity contribution in [3.63, 3.8) is 0 Å². The summed E-state index contributed by atoms with van der Waals surface area (Å²) in [4.78, 5) is 16.6. The van der Waals surface area contributed by atoms with Gasteiger partial charge in [-0.1, -0.05) is 23.7 Å². The molecule has 1 aromatic heterocycles. The second-order valence-electron chi connectivity index (χ2n) is 5.06. The number of aryl methyl sites for hydroxylation is 1. The Morgan fingerprint density at radius 1 is 1.40 bits per heavy atom. The molecule has 4 nitrogen and oxygen atoms in total. The number of carbonyl (C=O) groups excluding carboxylic acids is 1. The maximum absolute atomic E-state index is 12.3. The van der Waals surface area contributed by atoms with E-state index in [2.05, 4.69) is 10.3 Å². The van der Waals surface area contributed by atoms with Crippen molar-refractivity contribution in [3.8, 4) is 0 Å². The second-order valence-corrected chi connectivity index (χ2v) is 5.50. The molecule has 1 amide bonds. The van der Waals surface area contributed by atoms with E-state index in [0.717, 1.165) is 30.8 Å². The lowest BCUT2D eigenvalue weighted by Crippen LogP contribution is -2.28. The Hall–Kier alpha value is -1.81. The minimum Gasteiger partial charge on any atom is -0.344 e. The maximum Gasteiger partial charge on any atom is 0.270 e. The largest absolute Gasteiger partial charge is 0.344 e. The molecule has 0 bridgehead atoms. The van der Waals surface area contributed by atoms with Crippen LogP contribution in [0.3, 0.4) is 0 Å². The van der Waals surface area contributed by atoms with Gasteiger partial charge in [0.1, 0.15) is 11.5 Å². The molecule has 20 heavy (non-hydrogen) atoms. The van der Waals surface area contributed by atoms with Crippen LogP contribution in [0.4, 0.5) is 0 Å². The molecule has 5 heteroatoms. The number of fused-ring (bicyclic) bond motifs is 1. The van der Waals surface area contributed by atoms with Gasteiger partial charge in [-0.05, 0) is 31.0 Å². The second kappa shape index (κ2) is 5.29. The van der Waals surface area contributed by atoms with Crippen LogP contribution in [-0.2, 0) is 13.0 Å². The SMILES string of the molecule is C[C@@H](NC(=O)c1cnc2n1CCC2)c1ccc(Cl)cc1. The summed E-state index contributed by atoms with van der Waals surface area (Å²) in [5.74, 6) is 0.933. The van der Waals surface area contributed by atoms with E-state index in [0.29, 0.717) is 10.7 Å². The van der Waals surface area contributed by atoms with E-state index in [-0.39, 0.29) is 11.9 Å². The Labute approximate surface area is 122 Å². The summed E-state index contributed by atoms with van der Waals surface area (Å²) < 4.78 is 2.00. The molecule has 0 radical (unpaired) electrons. The van der Waals surface area contributed by atoms with Crippen molar-refractivity contribution in [2.75, 3.05) is 0 Å². The van der Waals surface area contributed by atoms with Crippen molar-refractivity contribution in [1.82, 2.24) is 14.9 Å². The lowest BCUT2D eigenvalue weighted by molar-refractivity contribution is 0.0930. The number of nitrogens with one attached hydrogen (secondary N) is 1. The van der Waals surface area contributed by atoms with Crippen LogP contribution in [0.2, 0.25) is 5.02 Å². The molecule has 1 atom stereocenters. The molecule has 1 aliphatic rings. The highest BCUT2D eigenvalue weighted by atomic mass is 35.5. The number of benzene rings is 1. The van der Waals surface area contributed by atoms with E-state index in [4.69, 9.17) is 11.6 Å². The summed E-state index contributed by atoms with van der Waals surface area (Å²) >= 11 is 5.87. The topological polar surface area (TPSA) is 46.9 Å². The zero-order valence-electron chi connectivity index (χ0n) is 11.3. The highest BCUT2D eigenvalue weighted by Crippen LogP contribution is 2.19. The molecule has 2 aromatic rings. The summed E-state index contributed by atoms with van der Waals surface area (Å²) in [6.07, 6.45) is 3.69. The third kappa shape index (κ3) is 2.43. The van der Waals surface area contributed by atoms with Crippen molar-refractivity contribution < 1.29 is 4.79 Å². The predicted octanol–water partition coefficient (Wildman–Crippen LogP) is 2.97. The Morgan fingerprint density at radius 2 is 2.15 bits per heavy atom. The van der Waals surface area contributed by atoms with Crippen LogP contribution >= 0.6 is 11.6 Å². The summed E-state index contributed by atoms with van der Waals surface area (Å²) in [6.45, 7) is 2.84. The van der Waals surface area contributed by atoms with E-state index in [1.54, 1.807) is 6.20 Å². The maximum atomic E-state index is 12.3. The number of carbonyl (C=O) groups is 1. The standard InChI is InChI=1S/C15H16ClN3O/c1-10(11-4-6-12(16)7-5-11)18-15(20)13-9-17-14-3-2-8-19(13)14/h4-7,9-10H,2-3,8H2,1H3,(H,18,20)/t10-/m1/s1. The number of hydrogen-bond donors (Lipinski definition) is 1. The molecule has 104 valence electrons. The molecule has 0 saturated carbocycles. The van der Waals surface area contributed by atoms with E-state index in [1.165, 1.54) is 0 Å². The minimum atomic E-state index is -0.0758. The smallest absolute Gasteiger partial charge is 0.270 e. The number of amides is 1. The zero-order valence-corrected chi connectivity index (χ0v) is 12.0. The lowest BCUT2D eigenvalue weighted by atomic mass is 10.1. The van der Waals surface area contributed by atoms with Gasteiger partial charge in [0.15, 0.2) is 0 Å². The number of halogens is 1. The summed E-state index contributed by atoms with van der Waals surface area (Å²) in [7, 11) is 0. The van der Waals surface area contributed by atoms with Crippen molar-refractivity contribution >= 4 is 17.5 Å². The number of hydrogen-bond acceptors (Lipinski definition) is 2. The molecule has 0 unspecified atom stereocenters. The first kappa shape index (κ1) is 13.2. The van der Waals surface area contributed by atoms with Gasteiger partial charge < -0.3 is 9.88 Å². The number of rotatable bonds is 3. The molecule has 1 aliphatic heterocycles. The predicted molar refractivity (Wildman–Crippen MR) is 77.9 cm³/mol. The molecule has 0 saturated heterocycles. The normalized spacial score (nSPS) is 14.9. The van der Waals surface area contributed by atoms with Gasteiger partial charge in [0, 0.05) is 18.0 Å². The zero-order chi connectivity index (χ0) is 14.1. The van der Waals surface area contributed by atoms with Crippen LogP contribution in [0.15, 0.2) is 30.5 Å². The van der Waals surface area contributed by atoms with Crippen molar-refractivity contribution in [2.24, 2.45) is 0 Å². The molecule has 0 fully saturated rings. The average molecular weight is 290 g/mol. The molecule has 0 spiro atoms. The fraction of sp³-hybridized carbons (Fsp3) is 0.333. The van der Waals surface area contributed by atoms with Gasteiger partial charge in [-0.15, -0.1) is 0 Å². The van der Waals surface area contributed by atoms with Crippen LogP contribution < -0.4 is 5.32 Å². The van der Waals surface area contributed by atoms with E-state index >= 15 is 0 Å². The minimum absolute atomic E-state index is 0.0627. The van der Waals surface area contributed by atoms with Gasteiger partial charge in [0.2, 0.25) is 0 Å². The van der Waals surface area contributed by atoms with Crippen molar-refractivity contribution in [1.29, 1.82) is 0 Å². The molecule has 1 aromatic carbocycles. The highest BCUT2D eigenvalue weighted by molar-refractivity contribution is 6.30. The van der Waals surface area contributed by atoms with Gasteiger partial charge in [0.25, 0.3) is 5.91 Å². The van der Waals surface area contributed by atoms with E-state index in [9.17, 15) is 4.79 Å². The first-order valence-electron chi connectivity index (χ1n) is 6.76. The quantitative estimate of drug-likeness (QED) is 0.944. The van der Waals surface area contributed by atoms with Gasteiger partial charge in [0.05, 0.1) is 12.2 Å². The fourth-order valence-electron chi connectivity index (χ4n) is 2.54. The Kier molecular flexibility index (Phi) is 3.49. The first-order valence-corrected chi connectivity index (χ1v) is 7.13. The van der Waals surface area contributed by atoms with Gasteiger partial charge in [-0.25, -0.2) is 4.98 Å². The Morgan fingerprint density at radius 3 is 2.90 bits per heavy atom. The fourth-order valence-corrected chi connectivity index (χ4v) is 2.67. The number of aromatic nitrogens is 2. The molecule has 1 N–H and O–H groups in total. The van der Waals surface area contributed by atoms with Gasteiger partial charge in [-0.3, -0.25) is 4.79 Å². The summed E-state index contributed by atoms with van der Waals surface area (Å²) in [5.41, 5.74) is 1.68. The molecular weight excluding hydrogens is 274 g/mol. The van der Waals surface area contributed by atoms with E-state index < -0.39 is 0 Å². The van der Waals surface area contributed by atoms with Crippen molar-refractivity contribution in [3.05, 3.63) is 52.6 Å². The summed E-state index contributed by atoms with van der Waals surface area (Å²) in [5, 5.41) is 3.70. The van der Waals surface area contributed by atoms with Crippen LogP contribution in [-0.4, -0.2) is 15.5 Å².